The van der Waals surface area contributed by atoms with Gasteiger partial charge in [0.25, 0.3) is 0 Å². The van der Waals surface area contributed by atoms with Crippen LogP contribution in [0.5, 0.6) is 0 Å². The van der Waals surface area contributed by atoms with Crippen molar-refractivity contribution in [2.75, 3.05) is 4.90 Å². The van der Waals surface area contributed by atoms with Crippen molar-refractivity contribution in [3.8, 4) is 33.4 Å². The number of benzene rings is 8. The summed E-state index contributed by atoms with van der Waals surface area (Å²) in [5, 5.41) is 4.60. The highest BCUT2D eigenvalue weighted by Gasteiger charge is 2.36. The Bertz CT molecular complexity index is 2770. The fourth-order valence-electron chi connectivity index (χ4n) is 8.46. The number of rotatable bonds is 5. The maximum Gasteiger partial charge on any atom is 0.143 e. The summed E-state index contributed by atoms with van der Waals surface area (Å²) >= 11 is 0. The van der Waals surface area contributed by atoms with Crippen molar-refractivity contribution >= 4 is 49.8 Å². The summed E-state index contributed by atoms with van der Waals surface area (Å²) in [6.45, 7) is 4.69. The molecule has 10 rings (SSSR count). The summed E-state index contributed by atoms with van der Waals surface area (Å²) in [6, 6.07) is 63.4. The van der Waals surface area contributed by atoms with Gasteiger partial charge in [-0.25, -0.2) is 0 Å². The van der Waals surface area contributed by atoms with E-state index in [1.807, 2.05) is 0 Å². The van der Waals surface area contributed by atoms with E-state index in [0.717, 1.165) is 50.1 Å². The first-order valence-electron chi connectivity index (χ1n) is 17.7. The van der Waals surface area contributed by atoms with Crippen LogP contribution in [0.4, 0.5) is 17.1 Å². The molecule has 2 nitrogen and oxygen atoms in total. The molecule has 0 atom stereocenters. The van der Waals surface area contributed by atoms with Crippen LogP contribution in [-0.2, 0) is 5.41 Å². The summed E-state index contributed by atoms with van der Waals surface area (Å²) in [5.74, 6) is 0. The van der Waals surface area contributed by atoms with Gasteiger partial charge in [0.1, 0.15) is 11.2 Å². The lowest BCUT2D eigenvalue weighted by atomic mass is 9.82. The molecule has 1 aliphatic rings. The Kier molecular flexibility index (Phi) is 6.56. The van der Waals surface area contributed by atoms with E-state index in [9.17, 15) is 0 Å². The minimum absolute atomic E-state index is 0.115. The molecule has 0 spiro atoms. The molecule has 0 radical (unpaired) electrons. The molecular formula is C49H35NO. The zero-order valence-electron chi connectivity index (χ0n) is 28.6. The molecular weight excluding hydrogens is 619 g/mol. The summed E-state index contributed by atoms with van der Waals surface area (Å²) < 4.78 is 7.02. The smallest absolute Gasteiger partial charge is 0.143 e. The molecule has 0 N–H and O–H groups in total. The molecule has 0 unspecified atom stereocenters. The Hall–Kier alpha value is -6.38. The third-order valence-electron chi connectivity index (χ3n) is 10.9. The highest BCUT2D eigenvalue weighted by molar-refractivity contribution is 6.26. The Morgan fingerprint density at radius 2 is 1.12 bits per heavy atom. The highest BCUT2D eigenvalue weighted by Crippen LogP contribution is 2.52. The number of para-hydroxylation sites is 1. The third-order valence-corrected chi connectivity index (χ3v) is 10.9. The lowest BCUT2D eigenvalue weighted by Gasteiger charge is -2.28. The van der Waals surface area contributed by atoms with E-state index in [1.165, 1.54) is 44.2 Å². The quantitative estimate of drug-likeness (QED) is 0.184. The van der Waals surface area contributed by atoms with Gasteiger partial charge in [0.2, 0.25) is 0 Å². The molecule has 9 aromatic rings. The molecule has 0 aliphatic heterocycles. The molecule has 2 heteroatoms. The van der Waals surface area contributed by atoms with E-state index in [4.69, 9.17) is 4.42 Å². The van der Waals surface area contributed by atoms with E-state index < -0.39 is 0 Å². The topological polar surface area (TPSA) is 16.4 Å². The predicted octanol–water partition coefficient (Wildman–Crippen LogP) is 13.8. The number of fused-ring (bicyclic) bond motifs is 8. The number of nitrogens with zero attached hydrogens (tertiary/aromatic N) is 1. The summed E-state index contributed by atoms with van der Waals surface area (Å²) in [6.07, 6.45) is 0. The molecule has 1 aliphatic carbocycles. The largest absolute Gasteiger partial charge is 0.455 e. The lowest BCUT2D eigenvalue weighted by Crippen LogP contribution is -2.16. The van der Waals surface area contributed by atoms with Gasteiger partial charge in [-0.3, -0.25) is 0 Å². The van der Waals surface area contributed by atoms with Crippen LogP contribution in [0.25, 0.3) is 66.1 Å². The van der Waals surface area contributed by atoms with Gasteiger partial charge < -0.3 is 9.32 Å². The lowest BCUT2D eigenvalue weighted by molar-refractivity contribution is 0.660. The first-order valence-corrected chi connectivity index (χ1v) is 17.7. The second kappa shape index (κ2) is 11.3. The van der Waals surface area contributed by atoms with Crippen LogP contribution in [0.15, 0.2) is 180 Å². The van der Waals surface area contributed by atoms with E-state index >= 15 is 0 Å². The van der Waals surface area contributed by atoms with Crippen molar-refractivity contribution in [2.24, 2.45) is 0 Å². The molecule has 0 saturated heterocycles. The van der Waals surface area contributed by atoms with E-state index in [0.29, 0.717) is 0 Å². The monoisotopic (exact) mass is 653 g/mol. The molecule has 0 amide bonds. The first-order chi connectivity index (χ1) is 25.1. The standard InChI is InChI=1S/C49H35NO/c1-49(2)42-25-14-13-24-39(42)40-29-28-35(31-43(40)49)50(34-19-7-4-8-20-34)44-26-15-27-45-47(44)46-37-22-10-9-18-33(37)30-41(48(46)51-45)38-23-12-11-21-36(38)32-16-5-3-6-17-32/h3-31H,1-2H3. The van der Waals surface area contributed by atoms with Crippen LogP contribution >= 0.6 is 0 Å². The zero-order valence-corrected chi connectivity index (χ0v) is 28.6. The maximum absolute atomic E-state index is 7.02. The van der Waals surface area contributed by atoms with Crippen LogP contribution in [0.2, 0.25) is 0 Å². The van der Waals surface area contributed by atoms with E-state index in [-0.39, 0.29) is 5.41 Å². The van der Waals surface area contributed by atoms with Crippen LogP contribution in [0.1, 0.15) is 25.0 Å². The van der Waals surface area contributed by atoms with Gasteiger partial charge in [-0.05, 0) is 92.2 Å². The van der Waals surface area contributed by atoms with Crippen LogP contribution in [0.3, 0.4) is 0 Å². The van der Waals surface area contributed by atoms with E-state index in [2.05, 4.69) is 195 Å². The number of furan rings is 1. The van der Waals surface area contributed by atoms with Gasteiger partial charge >= 0.3 is 0 Å². The normalized spacial score (nSPS) is 13.1. The molecule has 0 fully saturated rings. The van der Waals surface area contributed by atoms with Crippen LogP contribution in [0, 0.1) is 0 Å². The van der Waals surface area contributed by atoms with Crippen LogP contribution in [-0.4, -0.2) is 0 Å². The fourth-order valence-corrected chi connectivity index (χ4v) is 8.46. The number of hydrogen-bond acceptors (Lipinski definition) is 2. The van der Waals surface area contributed by atoms with Gasteiger partial charge in [0.05, 0.1) is 11.1 Å². The molecule has 51 heavy (non-hydrogen) atoms. The molecule has 0 saturated carbocycles. The minimum atomic E-state index is -0.115. The van der Waals surface area contributed by atoms with Crippen LogP contribution < -0.4 is 4.90 Å². The van der Waals surface area contributed by atoms with Gasteiger partial charge in [-0.15, -0.1) is 0 Å². The second-order valence-electron chi connectivity index (χ2n) is 14.1. The first kappa shape index (κ1) is 29.5. The van der Waals surface area contributed by atoms with Gasteiger partial charge in [0, 0.05) is 27.7 Å². The van der Waals surface area contributed by atoms with Crippen molar-refractivity contribution in [3.05, 3.63) is 187 Å². The Morgan fingerprint density at radius 1 is 0.451 bits per heavy atom. The third kappa shape index (κ3) is 4.50. The summed E-state index contributed by atoms with van der Waals surface area (Å²) in [7, 11) is 0. The number of hydrogen-bond donors (Lipinski definition) is 0. The Balaban J connectivity index is 1.27. The van der Waals surface area contributed by atoms with Gasteiger partial charge in [0.15, 0.2) is 0 Å². The van der Waals surface area contributed by atoms with Gasteiger partial charge in [-0.2, -0.15) is 0 Å². The van der Waals surface area contributed by atoms with Crippen molar-refractivity contribution in [1.29, 1.82) is 0 Å². The molecule has 242 valence electrons. The molecule has 1 heterocycles. The van der Waals surface area contributed by atoms with Gasteiger partial charge in [-0.1, -0.05) is 147 Å². The zero-order chi connectivity index (χ0) is 34.1. The van der Waals surface area contributed by atoms with E-state index in [1.54, 1.807) is 0 Å². The minimum Gasteiger partial charge on any atom is -0.455 e. The maximum atomic E-state index is 7.02. The van der Waals surface area contributed by atoms with Crippen molar-refractivity contribution in [2.45, 2.75) is 19.3 Å². The average molecular weight is 654 g/mol. The number of anilines is 3. The summed E-state index contributed by atoms with van der Waals surface area (Å²) in [4.78, 5) is 2.41. The highest BCUT2D eigenvalue weighted by atomic mass is 16.3. The Morgan fingerprint density at radius 3 is 1.94 bits per heavy atom. The molecule has 8 aromatic carbocycles. The fraction of sp³-hybridized carbons (Fsp3) is 0.0612. The SMILES string of the molecule is CC1(C)c2ccccc2-c2ccc(N(c3ccccc3)c3cccc4oc5c(-c6ccccc6-c6ccccc6)cc6ccccc6c5c34)cc21. The second-order valence-corrected chi connectivity index (χ2v) is 14.1. The summed E-state index contributed by atoms with van der Waals surface area (Å²) in [5.41, 5.74) is 14.9. The molecule has 1 aromatic heterocycles. The van der Waals surface area contributed by atoms with Crippen molar-refractivity contribution < 1.29 is 4.42 Å². The molecule has 0 bridgehead atoms. The van der Waals surface area contributed by atoms with Crippen molar-refractivity contribution in [3.63, 3.8) is 0 Å². The predicted molar refractivity (Wildman–Crippen MR) is 214 cm³/mol. The van der Waals surface area contributed by atoms with Crippen molar-refractivity contribution in [1.82, 2.24) is 0 Å². The average Bonchev–Trinajstić information content (AvgIpc) is 3.69. The Labute approximate surface area is 297 Å².